The van der Waals surface area contributed by atoms with Crippen molar-refractivity contribution >= 4 is 21.8 Å². The van der Waals surface area contributed by atoms with Gasteiger partial charge < -0.3 is 9.64 Å². The number of hydrogen-bond acceptors (Lipinski definition) is 2. The van der Waals surface area contributed by atoms with E-state index in [0.29, 0.717) is 19.8 Å². The second-order valence-electron chi connectivity index (χ2n) is 4.04. The highest BCUT2D eigenvalue weighted by Crippen LogP contribution is 2.11. The van der Waals surface area contributed by atoms with E-state index in [4.69, 9.17) is 4.74 Å². The zero-order valence-electron chi connectivity index (χ0n) is 11.0. The molecule has 0 spiro atoms. The van der Waals surface area contributed by atoms with Gasteiger partial charge in [-0.2, -0.15) is 0 Å². The van der Waals surface area contributed by atoms with Crippen LogP contribution < -0.4 is 0 Å². The number of aryl methyl sites for hydroxylation is 1. The average Bonchev–Trinajstić information content (AvgIpc) is 2.42. The van der Waals surface area contributed by atoms with E-state index >= 15 is 0 Å². The maximum absolute atomic E-state index is 12.2. The molecule has 1 amide bonds. The first-order valence-electron chi connectivity index (χ1n) is 6.17. The average molecular weight is 314 g/mol. The van der Waals surface area contributed by atoms with E-state index in [1.807, 2.05) is 31.3 Å². The molecule has 1 aromatic rings. The molecule has 0 saturated carbocycles. The number of rotatable bonds is 7. The predicted octanol–water partition coefficient (Wildman–Crippen LogP) is 2.73. The molecule has 0 aliphatic heterocycles. The lowest BCUT2D eigenvalue weighted by Gasteiger charge is -2.18. The Morgan fingerprint density at radius 2 is 2.06 bits per heavy atom. The lowest BCUT2D eigenvalue weighted by molar-refractivity contribution is 0.0712. The van der Waals surface area contributed by atoms with Crippen molar-refractivity contribution in [2.24, 2.45) is 0 Å². The van der Waals surface area contributed by atoms with Crippen LogP contribution in [0.4, 0.5) is 0 Å². The first kappa shape index (κ1) is 15.2. The lowest BCUT2D eigenvalue weighted by Crippen LogP contribution is -2.31. The van der Waals surface area contributed by atoms with Crippen molar-refractivity contribution in [3.05, 3.63) is 35.4 Å². The summed E-state index contributed by atoms with van der Waals surface area (Å²) in [6, 6.07) is 7.76. The Hall–Kier alpha value is -0.870. The van der Waals surface area contributed by atoms with Crippen molar-refractivity contribution in [1.82, 2.24) is 4.90 Å². The van der Waals surface area contributed by atoms with Crippen LogP contribution in [0.3, 0.4) is 0 Å². The van der Waals surface area contributed by atoms with E-state index in [-0.39, 0.29) is 5.91 Å². The molecular weight excluding hydrogens is 294 g/mol. The van der Waals surface area contributed by atoms with E-state index < -0.39 is 0 Å². The molecule has 0 aromatic heterocycles. The van der Waals surface area contributed by atoms with E-state index in [1.165, 1.54) is 0 Å². The van der Waals surface area contributed by atoms with Crippen molar-refractivity contribution in [3.8, 4) is 0 Å². The van der Waals surface area contributed by atoms with E-state index in [9.17, 15) is 4.79 Å². The zero-order valence-corrected chi connectivity index (χ0v) is 12.6. The van der Waals surface area contributed by atoms with E-state index in [1.54, 1.807) is 4.90 Å². The summed E-state index contributed by atoms with van der Waals surface area (Å²) in [5, 5.41) is 0.823. The van der Waals surface area contributed by atoms with Crippen molar-refractivity contribution < 1.29 is 9.53 Å². The van der Waals surface area contributed by atoms with Crippen LogP contribution in [-0.4, -0.2) is 42.9 Å². The molecule has 0 heterocycles. The fourth-order valence-electron chi connectivity index (χ4n) is 1.70. The van der Waals surface area contributed by atoms with Crippen LogP contribution in [-0.2, 0) is 11.2 Å². The summed E-state index contributed by atoms with van der Waals surface area (Å²) in [4.78, 5) is 14.0. The van der Waals surface area contributed by atoms with Crippen LogP contribution in [0.2, 0.25) is 0 Å². The Kier molecular flexibility index (Phi) is 6.98. The van der Waals surface area contributed by atoms with Crippen LogP contribution in [0.15, 0.2) is 24.3 Å². The van der Waals surface area contributed by atoms with Gasteiger partial charge in [0.05, 0.1) is 13.2 Å². The highest BCUT2D eigenvalue weighted by molar-refractivity contribution is 9.09. The number of hydrogen-bond donors (Lipinski definition) is 0. The topological polar surface area (TPSA) is 29.5 Å². The standard InChI is InChI=1S/C14H20BrNO2/c1-3-12-6-4-5-7-13(12)14(17)16(2)9-11-18-10-8-15/h4-7H,3,8-11H2,1-2H3. The molecule has 0 saturated heterocycles. The number of ether oxygens (including phenoxy) is 1. The number of likely N-dealkylation sites (N-methyl/N-ethyl adjacent to an activating group) is 1. The quantitative estimate of drug-likeness (QED) is 0.572. The summed E-state index contributed by atoms with van der Waals surface area (Å²) in [5.74, 6) is 0.0647. The fourth-order valence-corrected chi connectivity index (χ4v) is 1.93. The number of amides is 1. The van der Waals surface area contributed by atoms with E-state index in [0.717, 1.165) is 22.9 Å². The maximum atomic E-state index is 12.2. The van der Waals surface area contributed by atoms with Gasteiger partial charge in [0.15, 0.2) is 0 Å². The highest BCUT2D eigenvalue weighted by atomic mass is 79.9. The van der Waals surface area contributed by atoms with Crippen molar-refractivity contribution in [1.29, 1.82) is 0 Å². The lowest BCUT2D eigenvalue weighted by atomic mass is 10.0. The Balaban J connectivity index is 2.57. The Labute approximate surface area is 117 Å². The van der Waals surface area contributed by atoms with Crippen LogP contribution in [0.5, 0.6) is 0 Å². The molecule has 1 aromatic carbocycles. The van der Waals surface area contributed by atoms with Crippen molar-refractivity contribution in [2.45, 2.75) is 13.3 Å². The summed E-state index contributed by atoms with van der Waals surface area (Å²) in [6.45, 7) is 3.92. The van der Waals surface area contributed by atoms with Crippen LogP contribution in [0, 0.1) is 0 Å². The SMILES string of the molecule is CCc1ccccc1C(=O)N(C)CCOCCBr. The van der Waals surface area contributed by atoms with Gasteiger partial charge in [-0.3, -0.25) is 4.79 Å². The molecule has 0 fully saturated rings. The molecule has 4 heteroatoms. The van der Waals surface area contributed by atoms with Gasteiger partial charge in [0.1, 0.15) is 0 Å². The number of alkyl halides is 1. The second-order valence-corrected chi connectivity index (χ2v) is 4.83. The Morgan fingerprint density at radius 1 is 1.33 bits per heavy atom. The minimum absolute atomic E-state index is 0.0647. The largest absolute Gasteiger partial charge is 0.379 e. The number of nitrogens with zero attached hydrogens (tertiary/aromatic N) is 1. The first-order chi connectivity index (χ1) is 8.70. The molecule has 3 nitrogen and oxygen atoms in total. The van der Waals surface area contributed by atoms with Crippen LogP contribution >= 0.6 is 15.9 Å². The third-order valence-electron chi connectivity index (χ3n) is 2.77. The molecule has 0 radical (unpaired) electrons. The normalized spacial score (nSPS) is 10.4. The number of halogens is 1. The molecule has 0 N–H and O–H groups in total. The van der Waals surface area contributed by atoms with Crippen molar-refractivity contribution in [3.63, 3.8) is 0 Å². The minimum atomic E-state index is 0.0647. The van der Waals surface area contributed by atoms with E-state index in [2.05, 4.69) is 22.9 Å². The summed E-state index contributed by atoms with van der Waals surface area (Å²) < 4.78 is 5.36. The maximum Gasteiger partial charge on any atom is 0.253 e. The van der Waals surface area contributed by atoms with Gasteiger partial charge in [-0.1, -0.05) is 41.1 Å². The molecule has 0 bridgehead atoms. The van der Waals surface area contributed by atoms with Gasteiger partial charge in [0, 0.05) is 24.5 Å². The molecule has 1 rings (SSSR count). The third kappa shape index (κ3) is 4.42. The fraction of sp³-hybridized carbons (Fsp3) is 0.500. The molecule has 0 atom stereocenters. The van der Waals surface area contributed by atoms with Gasteiger partial charge in [0.2, 0.25) is 0 Å². The second kappa shape index (κ2) is 8.27. The first-order valence-corrected chi connectivity index (χ1v) is 7.30. The van der Waals surface area contributed by atoms with Crippen molar-refractivity contribution in [2.75, 3.05) is 32.1 Å². The molecule has 0 unspecified atom stereocenters. The molecular formula is C14H20BrNO2. The molecule has 0 aliphatic carbocycles. The Morgan fingerprint density at radius 3 is 2.72 bits per heavy atom. The number of carbonyl (C=O) groups is 1. The van der Waals surface area contributed by atoms with Gasteiger partial charge in [-0.15, -0.1) is 0 Å². The summed E-state index contributed by atoms with van der Waals surface area (Å²) in [6.07, 6.45) is 0.871. The molecule has 18 heavy (non-hydrogen) atoms. The zero-order chi connectivity index (χ0) is 13.4. The smallest absolute Gasteiger partial charge is 0.253 e. The number of benzene rings is 1. The van der Waals surface area contributed by atoms with Gasteiger partial charge in [-0.25, -0.2) is 0 Å². The summed E-state index contributed by atoms with van der Waals surface area (Å²) in [5.41, 5.74) is 1.89. The monoisotopic (exact) mass is 313 g/mol. The molecule has 100 valence electrons. The molecule has 0 aliphatic rings. The highest BCUT2D eigenvalue weighted by Gasteiger charge is 2.13. The minimum Gasteiger partial charge on any atom is -0.379 e. The third-order valence-corrected chi connectivity index (χ3v) is 3.09. The van der Waals surface area contributed by atoms with Crippen LogP contribution in [0.1, 0.15) is 22.8 Å². The van der Waals surface area contributed by atoms with Crippen LogP contribution in [0.25, 0.3) is 0 Å². The predicted molar refractivity (Wildman–Crippen MR) is 77.4 cm³/mol. The van der Waals surface area contributed by atoms with Gasteiger partial charge >= 0.3 is 0 Å². The number of carbonyl (C=O) groups excluding carboxylic acids is 1. The Bertz CT molecular complexity index is 382. The summed E-state index contributed by atoms with van der Waals surface area (Å²) in [7, 11) is 1.81. The van der Waals surface area contributed by atoms with Gasteiger partial charge in [0.25, 0.3) is 5.91 Å². The van der Waals surface area contributed by atoms with Gasteiger partial charge in [-0.05, 0) is 18.1 Å². The summed E-state index contributed by atoms with van der Waals surface area (Å²) >= 11 is 3.30.